The number of para-hydroxylation sites is 2. The zero-order valence-corrected chi connectivity index (χ0v) is 20.4. The second-order valence-electron chi connectivity index (χ2n) is 8.47. The molecule has 2 aliphatic rings. The molecule has 1 aromatic heterocycles. The normalized spacial score (nSPS) is 16.6. The van der Waals surface area contributed by atoms with Crippen molar-refractivity contribution < 1.29 is 14.3 Å². The number of thiophene rings is 1. The Bertz CT molecular complexity index is 1100. The molecule has 3 aromatic rings. The first-order chi connectivity index (χ1) is 16.7. The van der Waals surface area contributed by atoms with Crippen molar-refractivity contribution in [1.29, 1.82) is 0 Å². The number of carbonyl (C=O) groups excluding carboxylic acids is 1. The summed E-state index contributed by atoms with van der Waals surface area (Å²) in [7, 11) is 0. The van der Waals surface area contributed by atoms with Gasteiger partial charge in [-0.05, 0) is 30.7 Å². The Morgan fingerprint density at radius 1 is 0.912 bits per heavy atom. The monoisotopic (exact) mass is 477 g/mol. The first-order valence-corrected chi connectivity index (χ1v) is 12.8. The van der Waals surface area contributed by atoms with Crippen LogP contribution in [-0.2, 0) is 4.74 Å². The molecular formula is C27H31N3O3S. The third-order valence-corrected chi connectivity index (χ3v) is 7.56. The van der Waals surface area contributed by atoms with Gasteiger partial charge in [-0.25, -0.2) is 0 Å². The summed E-state index contributed by atoms with van der Waals surface area (Å²) in [6.45, 7) is 8.78. The van der Waals surface area contributed by atoms with Gasteiger partial charge in [0.05, 0.1) is 35.4 Å². The van der Waals surface area contributed by atoms with Crippen LogP contribution in [0.4, 0.5) is 10.7 Å². The highest BCUT2D eigenvalue weighted by molar-refractivity contribution is 7.18. The Kier molecular flexibility index (Phi) is 7.02. The van der Waals surface area contributed by atoms with E-state index in [9.17, 15) is 4.79 Å². The summed E-state index contributed by atoms with van der Waals surface area (Å²) in [5, 5.41) is 1.17. The van der Waals surface area contributed by atoms with Crippen LogP contribution in [0.5, 0.6) is 5.75 Å². The highest BCUT2D eigenvalue weighted by Crippen LogP contribution is 2.40. The number of ether oxygens (including phenoxy) is 2. The lowest BCUT2D eigenvalue weighted by Gasteiger charge is -2.36. The van der Waals surface area contributed by atoms with Gasteiger partial charge < -0.3 is 24.2 Å². The van der Waals surface area contributed by atoms with Crippen molar-refractivity contribution in [3.8, 4) is 16.9 Å². The van der Waals surface area contributed by atoms with Crippen molar-refractivity contribution in [2.45, 2.75) is 6.92 Å². The van der Waals surface area contributed by atoms with E-state index in [-0.39, 0.29) is 5.91 Å². The number of hydrogen-bond acceptors (Lipinski definition) is 6. The molecule has 1 amide bonds. The Labute approximate surface area is 205 Å². The molecule has 0 radical (unpaired) electrons. The number of anilines is 2. The molecule has 6 nitrogen and oxygen atoms in total. The Hall–Kier alpha value is -3.03. The molecule has 0 N–H and O–H groups in total. The minimum atomic E-state index is 0.124. The van der Waals surface area contributed by atoms with Gasteiger partial charge in [0.1, 0.15) is 5.75 Å². The summed E-state index contributed by atoms with van der Waals surface area (Å²) in [5.74, 6) is 1.03. The third kappa shape index (κ3) is 4.76. The Balaban J connectivity index is 1.34. The first kappa shape index (κ1) is 22.7. The lowest BCUT2D eigenvalue weighted by molar-refractivity contribution is 0.0751. The van der Waals surface area contributed by atoms with E-state index in [2.05, 4.69) is 46.2 Å². The standard InChI is InChI=1S/C27H31N3O3S/c1-2-33-24-11-7-6-10-23(24)28-12-14-29(15-13-28)26(31)25-20-22(21-8-4-3-5-9-21)27(34-25)30-16-18-32-19-17-30/h3-11,20H,2,12-19H2,1H3. The van der Waals surface area contributed by atoms with Crippen LogP contribution in [0.25, 0.3) is 11.1 Å². The fourth-order valence-corrected chi connectivity index (χ4v) is 5.81. The number of rotatable bonds is 6. The largest absolute Gasteiger partial charge is 0.492 e. The van der Waals surface area contributed by atoms with Crippen LogP contribution < -0.4 is 14.5 Å². The molecule has 0 atom stereocenters. The zero-order chi connectivity index (χ0) is 23.3. The smallest absolute Gasteiger partial charge is 0.264 e. The predicted molar refractivity (Wildman–Crippen MR) is 139 cm³/mol. The molecule has 7 heteroatoms. The number of benzene rings is 2. The molecule has 2 saturated heterocycles. The summed E-state index contributed by atoms with van der Waals surface area (Å²) in [5.41, 5.74) is 3.39. The summed E-state index contributed by atoms with van der Waals surface area (Å²) < 4.78 is 11.4. The molecule has 5 rings (SSSR count). The van der Waals surface area contributed by atoms with Crippen molar-refractivity contribution in [3.63, 3.8) is 0 Å². The summed E-state index contributed by atoms with van der Waals surface area (Å²) >= 11 is 1.61. The molecule has 178 valence electrons. The van der Waals surface area contributed by atoms with E-state index in [0.29, 0.717) is 19.7 Å². The summed E-state index contributed by atoms with van der Waals surface area (Å²) in [6, 6.07) is 20.6. The molecule has 0 spiro atoms. The van der Waals surface area contributed by atoms with Crippen LogP contribution in [0.1, 0.15) is 16.6 Å². The van der Waals surface area contributed by atoms with Gasteiger partial charge in [-0.2, -0.15) is 0 Å². The molecule has 0 saturated carbocycles. The second kappa shape index (κ2) is 10.5. The molecule has 2 aliphatic heterocycles. The quantitative estimate of drug-likeness (QED) is 0.519. The van der Waals surface area contributed by atoms with Crippen molar-refractivity contribution in [3.05, 3.63) is 65.5 Å². The predicted octanol–water partition coefficient (Wildman–Crippen LogP) is 4.61. The average molecular weight is 478 g/mol. The molecule has 3 heterocycles. The Morgan fingerprint density at radius 3 is 2.35 bits per heavy atom. The van der Waals surface area contributed by atoms with Gasteiger partial charge in [0, 0.05) is 44.8 Å². The van der Waals surface area contributed by atoms with Gasteiger partial charge in [-0.1, -0.05) is 42.5 Å². The fraction of sp³-hybridized carbons (Fsp3) is 0.370. The maximum Gasteiger partial charge on any atom is 0.264 e. The Morgan fingerprint density at radius 2 is 1.62 bits per heavy atom. The molecule has 2 fully saturated rings. The number of hydrogen-bond donors (Lipinski definition) is 0. The van der Waals surface area contributed by atoms with Gasteiger partial charge in [0.25, 0.3) is 5.91 Å². The number of amides is 1. The molecule has 2 aromatic carbocycles. The van der Waals surface area contributed by atoms with E-state index in [4.69, 9.17) is 9.47 Å². The van der Waals surface area contributed by atoms with Gasteiger partial charge in [-0.15, -0.1) is 11.3 Å². The van der Waals surface area contributed by atoms with Crippen LogP contribution in [0.2, 0.25) is 0 Å². The van der Waals surface area contributed by atoms with Gasteiger partial charge >= 0.3 is 0 Å². The van der Waals surface area contributed by atoms with E-state index < -0.39 is 0 Å². The van der Waals surface area contributed by atoms with E-state index in [0.717, 1.165) is 66.8 Å². The third-order valence-electron chi connectivity index (χ3n) is 6.38. The summed E-state index contributed by atoms with van der Waals surface area (Å²) in [6.07, 6.45) is 0. The number of nitrogens with zero attached hydrogens (tertiary/aromatic N) is 3. The van der Waals surface area contributed by atoms with Gasteiger partial charge in [0.2, 0.25) is 0 Å². The zero-order valence-electron chi connectivity index (χ0n) is 19.6. The molecular weight excluding hydrogens is 446 g/mol. The number of carbonyl (C=O) groups is 1. The second-order valence-corrected chi connectivity index (χ2v) is 9.51. The van der Waals surface area contributed by atoms with E-state index in [1.54, 1.807) is 11.3 Å². The fourth-order valence-electron chi connectivity index (χ4n) is 4.61. The highest BCUT2D eigenvalue weighted by Gasteiger charge is 2.27. The maximum absolute atomic E-state index is 13.5. The van der Waals surface area contributed by atoms with Crippen LogP contribution in [0.15, 0.2) is 60.7 Å². The summed E-state index contributed by atoms with van der Waals surface area (Å²) in [4.78, 5) is 21.0. The van der Waals surface area contributed by atoms with Gasteiger partial charge in [0.15, 0.2) is 0 Å². The van der Waals surface area contributed by atoms with Crippen molar-refractivity contribution in [2.24, 2.45) is 0 Å². The SMILES string of the molecule is CCOc1ccccc1N1CCN(C(=O)c2cc(-c3ccccc3)c(N3CCOCC3)s2)CC1. The van der Waals surface area contributed by atoms with E-state index >= 15 is 0 Å². The van der Waals surface area contributed by atoms with Gasteiger partial charge in [-0.3, -0.25) is 4.79 Å². The molecule has 34 heavy (non-hydrogen) atoms. The van der Waals surface area contributed by atoms with Crippen LogP contribution in [-0.4, -0.2) is 69.9 Å². The number of morpholine rings is 1. The lowest BCUT2D eigenvalue weighted by atomic mass is 10.1. The molecule has 0 unspecified atom stereocenters. The van der Waals surface area contributed by atoms with Crippen molar-refractivity contribution in [2.75, 3.05) is 68.9 Å². The van der Waals surface area contributed by atoms with Crippen LogP contribution in [0.3, 0.4) is 0 Å². The van der Waals surface area contributed by atoms with Crippen molar-refractivity contribution in [1.82, 2.24) is 4.90 Å². The van der Waals surface area contributed by atoms with Crippen LogP contribution in [0, 0.1) is 0 Å². The number of piperazine rings is 1. The minimum absolute atomic E-state index is 0.124. The lowest BCUT2D eigenvalue weighted by Crippen LogP contribution is -2.48. The topological polar surface area (TPSA) is 45.2 Å². The minimum Gasteiger partial charge on any atom is -0.492 e. The highest BCUT2D eigenvalue weighted by atomic mass is 32.1. The average Bonchev–Trinajstić information content (AvgIpc) is 3.36. The van der Waals surface area contributed by atoms with E-state index in [1.165, 1.54) is 5.00 Å². The first-order valence-electron chi connectivity index (χ1n) is 12.0. The molecule has 0 bridgehead atoms. The van der Waals surface area contributed by atoms with Crippen molar-refractivity contribution >= 4 is 27.9 Å². The van der Waals surface area contributed by atoms with E-state index in [1.807, 2.05) is 36.1 Å². The maximum atomic E-state index is 13.5. The van der Waals surface area contributed by atoms with Crippen LogP contribution >= 0.6 is 11.3 Å². The molecule has 0 aliphatic carbocycles.